The van der Waals surface area contributed by atoms with Gasteiger partial charge in [-0.15, -0.1) is 0 Å². The Morgan fingerprint density at radius 3 is 1.67 bits per heavy atom. The molecule has 78 heavy (non-hydrogen) atoms. The first-order chi connectivity index (χ1) is 36.7. The van der Waals surface area contributed by atoms with Crippen molar-refractivity contribution in [2.24, 2.45) is 5.92 Å². The summed E-state index contributed by atoms with van der Waals surface area (Å²) in [4.78, 5) is 63.8. The largest absolute Gasteiger partial charge is 1.00 e. The summed E-state index contributed by atoms with van der Waals surface area (Å²) in [6, 6.07) is -2.34. The Kier molecular flexibility index (Phi) is 49.5. The zero-order valence-corrected chi connectivity index (χ0v) is 55.3. The van der Waals surface area contributed by atoms with Crippen LogP contribution in [0.25, 0.3) is 0 Å². The van der Waals surface area contributed by atoms with Gasteiger partial charge in [-0.2, -0.15) is 0 Å². The molecule has 0 radical (unpaired) electrons. The van der Waals surface area contributed by atoms with Crippen LogP contribution < -0.4 is 79.5 Å². The Morgan fingerprint density at radius 1 is 0.603 bits per heavy atom. The minimum atomic E-state index is -5.77. The molecule has 17 nitrogen and oxygen atoms in total. The van der Waals surface area contributed by atoms with Gasteiger partial charge in [0.1, 0.15) is 36.2 Å². The van der Waals surface area contributed by atoms with E-state index in [4.69, 9.17) is 37.7 Å². The molecule has 0 aromatic carbocycles. The Bertz CT molecular complexity index is 1570. The summed E-state index contributed by atoms with van der Waals surface area (Å²) in [7, 11) is -2.50. The molecule has 2 amide bonds. The number of carbonyl (C=O) groups excluding carboxylic acids is 3. The molecule has 0 bridgehead atoms. The van der Waals surface area contributed by atoms with E-state index in [-0.39, 0.29) is 109 Å². The summed E-state index contributed by atoms with van der Waals surface area (Å²) in [6.45, 7) is 10.4. The Morgan fingerprint density at radius 2 is 1.10 bits per heavy atom. The summed E-state index contributed by atoms with van der Waals surface area (Å²) in [5.41, 5.74) is 0. The molecule has 20 heteroatoms. The van der Waals surface area contributed by atoms with Gasteiger partial charge in [-0.1, -0.05) is 175 Å². The monoisotopic (exact) mass is 1150 g/mol. The maximum atomic E-state index is 13.9. The van der Waals surface area contributed by atoms with Gasteiger partial charge < -0.3 is 67.8 Å². The minimum absolute atomic E-state index is 0. The van der Waals surface area contributed by atoms with E-state index >= 15 is 0 Å². The first kappa shape index (κ1) is 78.1. The second-order valence-corrected chi connectivity index (χ2v) is 22.5. The number of hydrogen-bond acceptors (Lipinski definition) is 15. The standard InChI is InChI=1S/C58H109N2O15P.2Na/c1-8-12-15-18-20-22-23-24-25-26-27-28-29-32-35-38-50(62)59-52-55(71-41-39-47(69-7)37-34-31-17-14-10-3)45(5)48(43-68-6)73-57(52)72-44-49-54(64)56(70-40-36-33-30-21-19-16-13-9-2)53(58(74-49)75-76(65,66)67)60-51(63)42-46(61)11-4;;/h22-23,45,47-49,52-58,64H,8-21,24-44H2,1-7H3,(H,59,62)(H,60,63)(H2,65,66,67);;/q;2*+1/p-2/b23-22-;;/t45?,47?,48-,49-,52?,53?,54?,55?,56?,57?,58?;;/m1../s1. The summed E-state index contributed by atoms with van der Waals surface area (Å²) in [5, 5.41) is 17.7. The number of aliphatic hydroxyl groups excluding tert-OH is 1. The predicted molar refractivity (Wildman–Crippen MR) is 293 cm³/mol. The first-order valence-corrected chi connectivity index (χ1v) is 31.5. The number of Topliss-reactive ketones (excluding diaryl/α,β-unsaturated/α-hetero) is 1. The third-order valence-corrected chi connectivity index (χ3v) is 15.3. The first-order valence-electron chi connectivity index (χ1n) is 30.0. The molecule has 446 valence electrons. The maximum absolute atomic E-state index is 13.9. The topological polar surface area (TPSA) is 233 Å². The van der Waals surface area contributed by atoms with E-state index in [0.717, 1.165) is 83.5 Å². The van der Waals surface area contributed by atoms with Gasteiger partial charge in [0.25, 0.3) is 0 Å². The van der Waals surface area contributed by atoms with E-state index in [1.165, 1.54) is 77.0 Å². The third kappa shape index (κ3) is 35.4. The summed E-state index contributed by atoms with van der Waals surface area (Å²) >= 11 is 0. The summed E-state index contributed by atoms with van der Waals surface area (Å²) in [5.74, 6) is -1.64. The van der Waals surface area contributed by atoms with Crippen molar-refractivity contribution < 1.29 is 131 Å². The fraction of sp³-hybridized carbons (Fsp3) is 0.914. The molecule has 3 N–H and O–H groups in total. The Balaban J connectivity index is 0.0000296. The van der Waals surface area contributed by atoms with E-state index in [1.54, 1.807) is 21.1 Å². The maximum Gasteiger partial charge on any atom is 1.00 e. The van der Waals surface area contributed by atoms with Crippen molar-refractivity contribution in [2.45, 2.75) is 295 Å². The van der Waals surface area contributed by atoms with Crippen molar-refractivity contribution in [3.05, 3.63) is 12.2 Å². The fourth-order valence-corrected chi connectivity index (χ4v) is 10.5. The number of phosphoric ester groups is 1. The molecule has 2 aliphatic heterocycles. The van der Waals surface area contributed by atoms with Gasteiger partial charge in [0.05, 0.1) is 45.8 Å². The van der Waals surface area contributed by atoms with E-state index in [2.05, 4.69) is 43.6 Å². The van der Waals surface area contributed by atoms with Crippen LogP contribution in [-0.2, 0) is 56.6 Å². The number of amides is 2. The van der Waals surface area contributed by atoms with Crippen molar-refractivity contribution in [3.8, 4) is 0 Å². The molecule has 0 aromatic rings. The van der Waals surface area contributed by atoms with Crippen LogP contribution in [0.5, 0.6) is 0 Å². The van der Waals surface area contributed by atoms with Crippen molar-refractivity contribution >= 4 is 25.4 Å². The molecule has 0 saturated carbocycles. The van der Waals surface area contributed by atoms with E-state index in [0.29, 0.717) is 25.9 Å². The number of carbonyl (C=O) groups is 3. The molecule has 2 saturated heterocycles. The van der Waals surface area contributed by atoms with E-state index < -0.39 is 81.9 Å². The minimum Gasteiger partial charge on any atom is -0.790 e. The number of unbranched alkanes of at least 4 members (excludes halogenated alkanes) is 22. The molecular weight excluding hydrogens is 1040 g/mol. The smallest absolute Gasteiger partial charge is 0.790 e. The second-order valence-electron chi connectivity index (χ2n) is 21.4. The number of ketones is 1. The fourth-order valence-electron chi connectivity index (χ4n) is 10.1. The van der Waals surface area contributed by atoms with Crippen LogP contribution in [0, 0.1) is 5.92 Å². The normalized spacial score (nSPS) is 23.9. The number of nitrogens with one attached hydrogen (secondary N) is 2. The zero-order valence-electron chi connectivity index (χ0n) is 50.4. The molecule has 0 aliphatic carbocycles. The number of phosphoric acid groups is 1. The van der Waals surface area contributed by atoms with Gasteiger partial charge in [-0.25, -0.2) is 0 Å². The third-order valence-electron chi connectivity index (χ3n) is 14.8. The molecule has 2 fully saturated rings. The molecule has 0 aromatic heterocycles. The second kappa shape index (κ2) is 49.4. The molecule has 9 unspecified atom stereocenters. The van der Waals surface area contributed by atoms with Crippen molar-refractivity contribution in [3.63, 3.8) is 0 Å². The van der Waals surface area contributed by atoms with Gasteiger partial charge in [0.2, 0.25) is 11.8 Å². The SMILES string of the molecule is CCCCCC/C=C\CCCCCCCCCC(=O)NC1C(OC[C@H]2OC(OP(=O)([O-])[O-])C(NC(=O)CC(=O)CC)C(OCCCCCCCCCC)C2O)O[C@H](COC)C(C)C1OCCC(CCCCCCC)OC.[Na+].[Na+]. The van der Waals surface area contributed by atoms with E-state index in [1.807, 2.05) is 6.92 Å². The number of methoxy groups -OCH3 is 2. The van der Waals surface area contributed by atoms with Gasteiger partial charge in [-0.05, 0) is 51.4 Å². The predicted octanol–water partition coefficient (Wildman–Crippen LogP) is 4.00. The van der Waals surface area contributed by atoms with Crippen molar-refractivity contribution in [2.75, 3.05) is 40.6 Å². The molecule has 2 heterocycles. The molecule has 2 aliphatic rings. The number of allylic oxidation sites excluding steroid dienone is 2. The Labute approximate surface area is 516 Å². The van der Waals surface area contributed by atoms with Crippen LogP contribution >= 0.6 is 7.82 Å². The van der Waals surface area contributed by atoms with Crippen LogP contribution in [0.4, 0.5) is 0 Å². The average Bonchev–Trinajstić information content (AvgIpc) is 3.39. The molecular formula is C58H107N2Na2O15P. The number of rotatable bonds is 48. The average molecular weight is 1150 g/mol. The van der Waals surface area contributed by atoms with Crippen LogP contribution in [-0.4, -0.2) is 125 Å². The quantitative estimate of drug-likeness (QED) is 0.0257. The van der Waals surface area contributed by atoms with Crippen LogP contribution in [0.2, 0.25) is 0 Å². The van der Waals surface area contributed by atoms with Gasteiger partial charge in [0.15, 0.2) is 12.6 Å². The van der Waals surface area contributed by atoms with E-state index in [9.17, 15) is 33.8 Å². The van der Waals surface area contributed by atoms with Crippen LogP contribution in [0.3, 0.4) is 0 Å². The van der Waals surface area contributed by atoms with Crippen LogP contribution in [0.15, 0.2) is 12.2 Å². The molecule has 11 atom stereocenters. The number of aliphatic hydroxyl groups is 1. The Hall–Kier alpha value is 0.140. The number of hydrogen-bond donors (Lipinski definition) is 3. The summed E-state index contributed by atoms with van der Waals surface area (Å²) in [6.07, 6.45) is 26.0. The van der Waals surface area contributed by atoms with Crippen LogP contribution in [0.1, 0.15) is 234 Å². The van der Waals surface area contributed by atoms with Gasteiger partial charge >= 0.3 is 59.1 Å². The van der Waals surface area contributed by atoms with Crippen molar-refractivity contribution in [1.82, 2.24) is 10.6 Å². The van der Waals surface area contributed by atoms with Gasteiger partial charge in [0, 0.05) is 46.2 Å². The van der Waals surface area contributed by atoms with Crippen molar-refractivity contribution in [1.29, 1.82) is 0 Å². The molecule has 0 spiro atoms. The summed E-state index contributed by atoms with van der Waals surface area (Å²) < 4.78 is 60.6. The zero-order chi connectivity index (χ0) is 55.8. The van der Waals surface area contributed by atoms with Gasteiger partial charge in [-0.3, -0.25) is 14.4 Å². The molecule has 2 rings (SSSR count). The number of ether oxygens (including phenoxy) is 7.